The lowest BCUT2D eigenvalue weighted by atomic mass is 9.98. The standard InChI is InChI=1S/C59H35N3S/c1-2-13-46(14-3-1)61-53-17-9-8-16-48(53)50-32-43(27-29-54(50)61)38-20-18-36(19-21-38)37-22-24-40(25-23-37)55-35-51-49-28-26-39-10-6-7-15-47(39)57(49)63-58(51)59-60-52-33-44-30-41-11-4-5-12-42(41)31-45(44)34-56(52)62(55)59/h1-35H. The SMILES string of the molecule is c1ccc(-n2c3ccccc3c3cc(-c4ccc(-c5ccc(-c6cc7c8ccc9ccccc9c8sc7c7nc8cc9cc%10ccccc%10cc9cc8n67)cc5)cc4)ccc32)cc1. The number of thiophene rings is 1. The average molecular weight is 818 g/mol. The van der Waals surface area contributed by atoms with Crippen molar-refractivity contribution in [1.29, 1.82) is 0 Å². The van der Waals surface area contributed by atoms with E-state index < -0.39 is 0 Å². The van der Waals surface area contributed by atoms with Crippen molar-refractivity contribution < 1.29 is 0 Å². The van der Waals surface area contributed by atoms with Gasteiger partial charge in [0.25, 0.3) is 0 Å². The Bertz CT molecular complexity index is 4170. The highest BCUT2D eigenvalue weighted by Crippen LogP contribution is 2.44. The highest BCUT2D eigenvalue weighted by molar-refractivity contribution is 7.27. The van der Waals surface area contributed by atoms with Gasteiger partial charge >= 0.3 is 0 Å². The van der Waals surface area contributed by atoms with E-state index in [0.717, 1.165) is 27.9 Å². The zero-order valence-electron chi connectivity index (χ0n) is 34.0. The minimum absolute atomic E-state index is 1.00. The van der Waals surface area contributed by atoms with Crippen LogP contribution in [0.1, 0.15) is 0 Å². The third-order valence-corrected chi connectivity index (χ3v) is 14.5. The van der Waals surface area contributed by atoms with Gasteiger partial charge in [-0.3, -0.25) is 4.40 Å². The maximum Gasteiger partial charge on any atom is 0.156 e. The summed E-state index contributed by atoms with van der Waals surface area (Å²) in [6.07, 6.45) is 0. The number of pyridine rings is 1. The Morgan fingerprint density at radius 3 is 1.70 bits per heavy atom. The van der Waals surface area contributed by atoms with Gasteiger partial charge in [-0.15, -0.1) is 11.3 Å². The number of nitrogens with zero attached hydrogens (tertiary/aromatic N) is 3. The molecule has 292 valence electrons. The average Bonchev–Trinajstić information content (AvgIpc) is 4.02. The number of para-hydroxylation sites is 2. The van der Waals surface area contributed by atoms with Crippen molar-refractivity contribution in [2.45, 2.75) is 0 Å². The van der Waals surface area contributed by atoms with E-state index >= 15 is 0 Å². The molecule has 0 spiro atoms. The van der Waals surface area contributed by atoms with Crippen molar-refractivity contribution >= 4 is 102 Å². The van der Waals surface area contributed by atoms with Gasteiger partial charge in [0.1, 0.15) is 0 Å². The molecule has 63 heavy (non-hydrogen) atoms. The summed E-state index contributed by atoms with van der Waals surface area (Å²) in [6, 6.07) is 77.9. The predicted octanol–water partition coefficient (Wildman–Crippen LogP) is 16.4. The van der Waals surface area contributed by atoms with Crippen LogP contribution < -0.4 is 0 Å². The number of aromatic nitrogens is 3. The second-order valence-corrected chi connectivity index (χ2v) is 17.8. The van der Waals surface area contributed by atoms with Crippen molar-refractivity contribution in [3.63, 3.8) is 0 Å². The van der Waals surface area contributed by atoms with Gasteiger partial charge < -0.3 is 4.57 Å². The summed E-state index contributed by atoms with van der Waals surface area (Å²) in [5.74, 6) is 0. The predicted molar refractivity (Wildman–Crippen MR) is 269 cm³/mol. The summed E-state index contributed by atoms with van der Waals surface area (Å²) in [5.41, 5.74) is 13.8. The third-order valence-electron chi connectivity index (χ3n) is 13.2. The topological polar surface area (TPSA) is 22.2 Å². The molecule has 0 N–H and O–H groups in total. The molecule has 0 amide bonds. The van der Waals surface area contributed by atoms with Gasteiger partial charge in [-0.05, 0) is 121 Å². The van der Waals surface area contributed by atoms with Crippen LogP contribution in [0.3, 0.4) is 0 Å². The van der Waals surface area contributed by atoms with Crippen molar-refractivity contribution in [1.82, 2.24) is 14.0 Å². The molecule has 0 unspecified atom stereocenters. The Kier molecular flexibility index (Phi) is 7.27. The summed E-state index contributed by atoms with van der Waals surface area (Å²) in [5, 5.41) is 12.5. The maximum atomic E-state index is 5.45. The van der Waals surface area contributed by atoms with Crippen molar-refractivity contribution in [2.24, 2.45) is 0 Å². The zero-order chi connectivity index (χ0) is 41.2. The fourth-order valence-electron chi connectivity index (χ4n) is 10.2. The molecule has 14 rings (SSSR count). The van der Waals surface area contributed by atoms with E-state index in [9.17, 15) is 0 Å². The highest BCUT2D eigenvalue weighted by Gasteiger charge is 2.20. The Labute approximate surface area is 366 Å². The zero-order valence-corrected chi connectivity index (χ0v) is 34.8. The Morgan fingerprint density at radius 1 is 0.333 bits per heavy atom. The normalized spacial score (nSPS) is 12.1. The second-order valence-electron chi connectivity index (χ2n) is 16.8. The molecule has 4 aromatic heterocycles. The van der Waals surface area contributed by atoms with Gasteiger partial charge in [-0.25, -0.2) is 4.98 Å². The van der Waals surface area contributed by atoms with Crippen LogP contribution >= 0.6 is 11.3 Å². The molecule has 10 aromatic carbocycles. The summed E-state index contributed by atoms with van der Waals surface area (Å²) in [4.78, 5) is 5.45. The molecule has 0 saturated heterocycles. The lowest BCUT2D eigenvalue weighted by Crippen LogP contribution is -1.93. The molecule has 0 aliphatic heterocycles. The van der Waals surface area contributed by atoms with Gasteiger partial charge in [-0.1, -0.05) is 152 Å². The Hall–Kier alpha value is -8.05. The van der Waals surface area contributed by atoms with E-state index in [2.05, 4.69) is 221 Å². The first kappa shape index (κ1) is 34.6. The molecular weight excluding hydrogens is 783 g/mol. The molecule has 0 radical (unpaired) electrons. The molecule has 0 fully saturated rings. The number of benzene rings is 10. The third kappa shape index (κ3) is 5.22. The van der Waals surface area contributed by atoms with Crippen LogP contribution in [0.5, 0.6) is 0 Å². The van der Waals surface area contributed by atoms with Gasteiger partial charge in [0.15, 0.2) is 5.65 Å². The Balaban J connectivity index is 0.888. The molecule has 0 bridgehead atoms. The van der Waals surface area contributed by atoms with E-state index in [1.165, 1.54) is 102 Å². The van der Waals surface area contributed by atoms with Crippen LogP contribution in [-0.4, -0.2) is 14.0 Å². The van der Waals surface area contributed by atoms with Crippen LogP contribution in [0.4, 0.5) is 0 Å². The van der Waals surface area contributed by atoms with Crippen molar-refractivity contribution in [3.05, 3.63) is 212 Å². The fourth-order valence-corrected chi connectivity index (χ4v) is 11.5. The molecule has 0 aliphatic carbocycles. The van der Waals surface area contributed by atoms with E-state index in [4.69, 9.17) is 4.98 Å². The lowest BCUT2D eigenvalue weighted by molar-refractivity contribution is 1.18. The summed E-state index contributed by atoms with van der Waals surface area (Å²) >= 11 is 1.86. The van der Waals surface area contributed by atoms with Gasteiger partial charge in [-0.2, -0.15) is 0 Å². The van der Waals surface area contributed by atoms with Gasteiger partial charge in [0.05, 0.1) is 32.5 Å². The first-order chi connectivity index (χ1) is 31.2. The lowest BCUT2D eigenvalue weighted by Gasteiger charge is -2.11. The Morgan fingerprint density at radius 2 is 0.937 bits per heavy atom. The van der Waals surface area contributed by atoms with E-state index in [1.807, 2.05) is 11.3 Å². The molecular formula is C59H35N3S. The van der Waals surface area contributed by atoms with Crippen LogP contribution in [0, 0.1) is 0 Å². The number of rotatable bonds is 4. The molecule has 0 atom stereocenters. The van der Waals surface area contributed by atoms with E-state index in [0.29, 0.717) is 0 Å². The monoisotopic (exact) mass is 817 g/mol. The molecule has 0 aliphatic rings. The second kappa shape index (κ2) is 13.2. The smallest absolute Gasteiger partial charge is 0.156 e. The van der Waals surface area contributed by atoms with E-state index in [-0.39, 0.29) is 0 Å². The van der Waals surface area contributed by atoms with Crippen LogP contribution in [-0.2, 0) is 0 Å². The molecule has 4 heteroatoms. The molecule has 4 heterocycles. The van der Waals surface area contributed by atoms with Gasteiger partial charge in [0, 0.05) is 31.9 Å². The molecule has 14 aromatic rings. The fraction of sp³-hybridized carbons (Fsp3) is 0. The molecule has 3 nitrogen and oxygen atoms in total. The molecule has 0 saturated carbocycles. The largest absolute Gasteiger partial charge is 0.309 e. The van der Waals surface area contributed by atoms with Gasteiger partial charge in [0.2, 0.25) is 0 Å². The summed E-state index contributed by atoms with van der Waals surface area (Å²) in [6.45, 7) is 0. The highest BCUT2D eigenvalue weighted by atomic mass is 32.1. The van der Waals surface area contributed by atoms with E-state index in [1.54, 1.807) is 0 Å². The summed E-state index contributed by atoms with van der Waals surface area (Å²) in [7, 11) is 0. The van der Waals surface area contributed by atoms with Crippen LogP contribution in [0.15, 0.2) is 212 Å². The number of fused-ring (bicyclic) bond motifs is 14. The first-order valence-electron chi connectivity index (χ1n) is 21.5. The summed E-state index contributed by atoms with van der Waals surface area (Å²) < 4.78 is 7.30. The van der Waals surface area contributed by atoms with Crippen molar-refractivity contribution in [2.75, 3.05) is 0 Å². The number of imidazole rings is 1. The number of hydrogen-bond acceptors (Lipinski definition) is 2. The minimum atomic E-state index is 1.00. The first-order valence-corrected chi connectivity index (χ1v) is 22.3. The van der Waals surface area contributed by atoms with Crippen LogP contribution in [0.2, 0.25) is 0 Å². The maximum absolute atomic E-state index is 5.45. The quantitative estimate of drug-likeness (QED) is 0.162. The van der Waals surface area contributed by atoms with Crippen molar-refractivity contribution in [3.8, 4) is 39.2 Å². The minimum Gasteiger partial charge on any atom is -0.309 e. The van der Waals surface area contributed by atoms with Crippen LogP contribution in [0.25, 0.3) is 130 Å². The number of hydrogen-bond donors (Lipinski definition) is 0.